The topological polar surface area (TPSA) is 50.8 Å². The second-order valence-electron chi connectivity index (χ2n) is 7.55. The lowest BCUT2D eigenvalue weighted by Crippen LogP contribution is -2.67. The molecule has 0 aromatic carbocycles. The van der Waals surface area contributed by atoms with Gasteiger partial charge < -0.3 is 14.8 Å². The van der Waals surface area contributed by atoms with E-state index in [0.29, 0.717) is 12.0 Å². The molecule has 0 aromatic rings. The summed E-state index contributed by atoms with van der Waals surface area (Å²) in [5.41, 5.74) is 0.0625. The monoisotopic (exact) mass is 336 g/mol. The van der Waals surface area contributed by atoms with Crippen LogP contribution in [0.1, 0.15) is 39.5 Å². The van der Waals surface area contributed by atoms with Crippen molar-refractivity contribution >= 4 is 5.91 Å². The van der Waals surface area contributed by atoms with Crippen molar-refractivity contribution in [3.63, 3.8) is 0 Å². The number of nitrogens with one attached hydrogen (secondary N) is 1. The first-order valence-electron chi connectivity index (χ1n) is 9.52. The lowest BCUT2D eigenvalue weighted by atomic mass is 9.72. The summed E-state index contributed by atoms with van der Waals surface area (Å²) in [6, 6.07) is 0. The summed E-state index contributed by atoms with van der Waals surface area (Å²) >= 11 is 0. The highest BCUT2D eigenvalue weighted by Gasteiger charge is 2.49. The lowest BCUT2D eigenvalue weighted by Gasteiger charge is -2.55. The first-order valence-corrected chi connectivity index (χ1v) is 9.52. The maximum absolute atomic E-state index is 12.7. The number of amides is 1. The molecule has 136 valence electrons. The number of hydrogen-bond donors (Lipinski definition) is 1. The normalized spacial score (nSPS) is 37.0. The van der Waals surface area contributed by atoms with Gasteiger partial charge in [-0.2, -0.15) is 0 Å². The van der Waals surface area contributed by atoms with Crippen molar-refractivity contribution in [2.45, 2.75) is 51.2 Å². The maximum Gasteiger partial charge on any atom is 0.223 e. The van der Waals surface area contributed by atoms with E-state index in [0.717, 1.165) is 65.1 Å². The third kappa shape index (κ3) is 3.84. The van der Waals surface area contributed by atoms with E-state index in [2.05, 4.69) is 36.2 Å². The van der Waals surface area contributed by atoms with Gasteiger partial charge in [0.15, 0.2) is 0 Å². The molecule has 2 fully saturated rings. The average Bonchev–Trinajstić information content (AvgIpc) is 2.58. The van der Waals surface area contributed by atoms with Crippen LogP contribution in [0.4, 0.5) is 0 Å². The number of ether oxygens (including phenoxy) is 2. The highest BCUT2D eigenvalue weighted by Crippen LogP contribution is 2.40. The van der Waals surface area contributed by atoms with Gasteiger partial charge in [-0.15, -0.1) is 0 Å². The Balaban J connectivity index is 1.58. The van der Waals surface area contributed by atoms with Crippen LogP contribution < -0.4 is 5.32 Å². The molecular weight excluding hydrogens is 304 g/mol. The Morgan fingerprint density at radius 2 is 2.00 bits per heavy atom. The highest BCUT2D eigenvalue weighted by molar-refractivity contribution is 5.79. The van der Waals surface area contributed by atoms with Gasteiger partial charge in [0.05, 0.1) is 19.3 Å². The fraction of sp³-hybridized carbons (Fsp3) is 0.842. The number of carbonyl (C=O) groups excluding carboxylic acids is 1. The molecule has 1 heterocycles. The SMILES string of the molecule is CCOC1CC(CNC(=O)[C@@H]2CC=CC[C@H]2C)(N2CCOCC2)C1. The predicted octanol–water partition coefficient (Wildman–Crippen LogP) is 1.97. The zero-order chi connectivity index (χ0) is 17.0. The Morgan fingerprint density at radius 3 is 2.67 bits per heavy atom. The zero-order valence-corrected chi connectivity index (χ0v) is 15.1. The van der Waals surface area contributed by atoms with E-state index in [1.165, 1.54) is 0 Å². The molecule has 0 spiro atoms. The molecule has 0 radical (unpaired) electrons. The molecule has 1 aliphatic heterocycles. The van der Waals surface area contributed by atoms with E-state index < -0.39 is 0 Å². The Morgan fingerprint density at radius 1 is 1.29 bits per heavy atom. The van der Waals surface area contributed by atoms with Gasteiger partial charge >= 0.3 is 0 Å². The van der Waals surface area contributed by atoms with Crippen LogP contribution >= 0.6 is 0 Å². The summed E-state index contributed by atoms with van der Waals surface area (Å²) < 4.78 is 11.3. The van der Waals surface area contributed by atoms with Crippen molar-refractivity contribution in [3.05, 3.63) is 12.2 Å². The number of allylic oxidation sites excluding steroid dienone is 2. The molecule has 1 saturated heterocycles. The van der Waals surface area contributed by atoms with E-state index in [-0.39, 0.29) is 17.4 Å². The third-order valence-corrected chi connectivity index (χ3v) is 5.98. The van der Waals surface area contributed by atoms with E-state index in [1.54, 1.807) is 0 Å². The summed E-state index contributed by atoms with van der Waals surface area (Å²) in [5, 5.41) is 3.27. The van der Waals surface area contributed by atoms with Crippen molar-refractivity contribution in [2.75, 3.05) is 39.5 Å². The molecule has 1 N–H and O–H groups in total. The number of rotatable bonds is 6. The molecule has 2 atom stereocenters. The minimum absolute atomic E-state index is 0.0625. The summed E-state index contributed by atoms with van der Waals surface area (Å²) in [7, 11) is 0. The van der Waals surface area contributed by atoms with Gasteiger partial charge in [-0.3, -0.25) is 9.69 Å². The van der Waals surface area contributed by atoms with E-state index in [4.69, 9.17) is 9.47 Å². The molecule has 5 heteroatoms. The number of hydrogen-bond acceptors (Lipinski definition) is 4. The molecule has 3 rings (SSSR count). The van der Waals surface area contributed by atoms with Gasteiger partial charge in [0.2, 0.25) is 5.91 Å². The molecule has 1 saturated carbocycles. The van der Waals surface area contributed by atoms with Crippen molar-refractivity contribution in [1.82, 2.24) is 10.2 Å². The van der Waals surface area contributed by atoms with Crippen molar-refractivity contribution in [2.24, 2.45) is 11.8 Å². The van der Waals surface area contributed by atoms with Gasteiger partial charge in [-0.05, 0) is 38.5 Å². The minimum Gasteiger partial charge on any atom is -0.379 e. The summed E-state index contributed by atoms with van der Waals surface area (Å²) in [6.45, 7) is 9.23. The summed E-state index contributed by atoms with van der Waals surface area (Å²) in [4.78, 5) is 15.2. The largest absolute Gasteiger partial charge is 0.379 e. The van der Waals surface area contributed by atoms with Gasteiger partial charge in [0.1, 0.15) is 0 Å². The quantitative estimate of drug-likeness (QED) is 0.754. The average molecular weight is 336 g/mol. The zero-order valence-electron chi connectivity index (χ0n) is 15.1. The second-order valence-corrected chi connectivity index (χ2v) is 7.55. The van der Waals surface area contributed by atoms with Crippen LogP contribution in [0.25, 0.3) is 0 Å². The molecule has 0 bridgehead atoms. The van der Waals surface area contributed by atoms with Crippen LogP contribution in [-0.4, -0.2) is 61.9 Å². The number of nitrogens with zero attached hydrogens (tertiary/aromatic N) is 1. The predicted molar refractivity (Wildman–Crippen MR) is 93.8 cm³/mol. The molecule has 0 unspecified atom stereocenters. The van der Waals surface area contributed by atoms with Crippen molar-refractivity contribution in [1.29, 1.82) is 0 Å². The standard InChI is InChI=1S/C19H32N2O3/c1-3-24-16-12-19(13-16,21-8-10-23-11-9-21)14-20-18(22)17-7-5-4-6-15(17)2/h4-5,15-17H,3,6-14H2,1-2H3,(H,20,22)/t15-,16?,17-,19?/m1/s1. The van der Waals surface area contributed by atoms with Crippen LogP contribution in [0.3, 0.4) is 0 Å². The fourth-order valence-electron chi connectivity index (χ4n) is 4.39. The second kappa shape index (κ2) is 7.98. The first kappa shape index (κ1) is 17.9. The lowest BCUT2D eigenvalue weighted by molar-refractivity contribution is -0.137. The Bertz CT molecular complexity index is 454. The van der Waals surface area contributed by atoms with Crippen LogP contribution in [0, 0.1) is 11.8 Å². The fourth-order valence-corrected chi connectivity index (χ4v) is 4.39. The Labute approximate surface area is 145 Å². The molecule has 3 aliphatic rings. The first-order chi connectivity index (χ1) is 11.6. The number of morpholine rings is 1. The van der Waals surface area contributed by atoms with Crippen LogP contribution in [-0.2, 0) is 14.3 Å². The van der Waals surface area contributed by atoms with Crippen LogP contribution in [0.2, 0.25) is 0 Å². The molecule has 1 amide bonds. The van der Waals surface area contributed by atoms with Crippen molar-refractivity contribution in [3.8, 4) is 0 Å². The van der Waals surface area contributed by atoms with Gasteiger partial charge in [0, 0.05) is 37.7 Å². The van der Waals surface area contributed by atoms with E-state index >= 15 is 0 Å². The molecular formula is C19H32N2O3. The molecule has 24 heavy (non-hydrogen) atoms. The Hall–Kier alpha value is -0.910. The maximum atomic E-state index is 12.7. The molecule has 2 aliphatic carbocycles. The minimum atomic E-state index is 0.0625. The van der Waals surface area contributed by atoms with Gasteiger partial charge in [-0.25, -0.2) is 0 Å². The summed E-state index contributed by atoms with van der Waals surface area (Å²) in [6.07, 6.45) is 8.60. The molecule has 5 nitrogen and oxygen atoms in total. The van der Waals surface area contributed by atoms with Gasteiger partial charge in [0.25, 0.3) is 0 Å². The van der Waals surface area contributed by atoms with E-state index in [1.807, 2.05) is 0 Å². The summed E-state index contributed by atoms with van der Waals surface area (Å²) in [5.74, 6) is 0.783. The smallest absolute Gasteiger partial charge is 0.223 e. The third-order valence-electron chi connectivity index (χ3n) is 5.98. The van der Waals surface area contributed by atoms with Crippen LogP contribution in [0.15, 0.2) is 12.2 Å². The highest BCUT2D eigenvalue weighted by atomic mass is 16.5. The molecule has 0 aromatic heterocycles. The van der Waals surface area contributed by atoms with Crippen molar-refractivity contribution < 1.29 is 14.3 Å². The van der Waals surface area contributed by atoms with Crippen LogP contribution in [0.5, 0.6) is 0 Å². The van der Waals surface area contributed by atoms with E-state index in [9.17, 15) is 4.79 Å². The Kier molecular flexibility index (Phi) is 5.95. The number of carbonyl (C=O) groups is 1. The van der Waals surface area contributed by atoms with Gasteiger partial charge in [-0.1, -0.05) is 19.1 Å².